The lowest BCUT2D eigenvalue weighted by atomic mass is 10.1. The van der Waals surface area contributed by atoms with Crippen molar-refractivity contribution in [3.8, 4) is 11.5 Å². The van der Waals surface area contributed by atoms with Gasteiger partial charge in [0.15, 0.2) is 27.9 Å². The summed E-state index contributed by atoms with van der Waals surface area (Å²) in [7, 11) is -0.481. The minimum absolute atomic E-state index is 0.00245. The number of rotatable bonds is 8. The van der Waals surface area contributed by atoms with Crippen molar-refractivity contribution in [1.82, 2.24) is 0 Å². The monoisotopic (exact) mass is 441 g/mol. The summed E-state index contributed by atoms with van der Waals surface area (Å²) in [5.74, 6) is -0.283. The molecular formula is C19H20ClNO7S. The molecule has 0 bridgehead atoms. The Morgan fingerprint density at radius 2 is 1.72 bits per heavy atom. The number of hydrogen-bond donors (Lipinski definition) is 1. The van der Waals surface area contributed by atoms with Crippen LogP contribution in [-0.4, -0.2) is 47.4 Å². The second-order valence-corrected chi connectivity index (χ2v) is 8.41. The van der Waals surface area contributed by atoms with E-state index in [1.165, 1.54) is 32.4 Å². The van der Waals surface area contributed by atoms with Crippen LogP contribution in [0.4, 0.5) is 5.69 Å². The van der Waals surface area contributed by atoms with Gasteiger partial charge in [-0.05, 0) is 35.9 Å². The van der Waals surface area contributed by atoms with Crippen LogP contribution in [0.3, 0.4) is 0 Å². The maximum atomic E-state index is 12.0. The van der Waals surface area contributed by atoms with E-state index in [0.717, 1.165) is 6.26 Å². The number of methoxy groups -OCH3 is 2. The molecule has 156 valence electrons. The largest absolute Gasteiger partial charge is 0.493 e. The van der Waals surface area contributed by atoms with Crippen LogP contribution in [0.2, 0.25) is 5.02 Å². The lowest BCUT2D eigenvalue weighted by Crippen LogP contribution is -2.22. The Kier molecular flexibility index (Phi) is 7.46. The Hall–Kier alpha value is -2.78. The van der Waals surface area contributed by atoms with Crippen LogP contribution in [0, 0.1) is 0 Å². The molecule has 0 unspecified atom stereocenters. The summed E-state index contributed by atoms with van der Waals surface area (Å²) in [6, 6.07) is 8.90. The molecule has 0 aliphatic carbocycles. The van der Waals surface area contributed by atoms with Gasteiger partial charge >= 0.3 is 5.97 Å². The standard InChI is InChI=1S/C19H20ClNO7S/c1-26-16-7-4-12(8-17(16)27-2)9-19(23)28-11-18(22)21-15-10-13(29(3,24)25)5-6-14(15)20/h4-8,10H,9,11H2,1-3H3,(H,21,22). The zero-order valence-corrected chi connectivity index (χ0v) is 17.6. The Morgan fingerprint density at radius 3 is 2.34 bits per heavy atom. The van der Waals surface area contributed by atoms with Crippen molar-refractivity contribution in [2.24, 2.45) is 0 Å². The summed E-state index contributed by atoms with van der Waals surface area (Å²) in [5, 5.41) is 2.58. The van der Waals surface area contributed by atoms with E-state index in [1.54, 1.807) is 18.2 Å². The third-order valence-corrected chi connectivity index (χ3v) is 5.24. The molecule has 0 aliphatic rings. The molecule has 1 amide bonds. The van der Waals surface area contributed by atoms with E-state index in [0.29, 0.717) is 17.1 Å². The number of carbonyl (C=O) groups excluding carboxylic acids is 2. The van der Waals surface area contributed by atoms with Crippen LogP contribution in [0.25, 0.3) is 0 Å². The first-order chi connectivity index (χ1) is 13.6. The van der Waals surface area contributed by atoms with Crippen LogP contribution in [-0.2, 0) is 30.6 Å². The summed E-state index contributed by atoms with van der Waals surface area (Å²) in [4.78, 5) is 24.0. The first kappa shape index (κ1) is 22.5. The fraction of sp³-hybridized carbons (Fsp3) is 0.263. The Labute approximate surface area is 173 Å². The smallest absolute Gasteiger partial charge is 0.310 e. The van der Waals surface area contributed by atoms with E-state index in [1.807, 2.05) is 0 Å². The number of ether oxygens (including phenoxy) is 3. The SMILES string of the molecule is COc1ccc(CC(=O)OCC(=O)Nc2cc(S(C)(=O)=O)ccc2Cl)cc1OC. The van der Waals surface area contributed by atoms with Gasteiger partial charge in [0.25, 0.3) is 5.91 Å². The number of halogens is 1. The van der Waals surface area contributed by atoms with E-state index >= 15 is 0 Å². The van der Waals surface area contributed by atoms with Gasteiger partial charge in [-0.1, -0.05) is 17.7 Å². The molecule has 29 heavy (non-hydrogen) atoms. The summed E-state index contributed by atoms with van der Waals surface area (Å²) < 4.78 is 38.5. The van der Waals surface area contributed by atoms with Crippen LogP contribution in [0.15, 0.2) is 41.3 Å². The van der Waals surface area contributed by atoms with E-state index in [4.69, 9.17) is 25.8 Å². The molecule has 0 fully saturated rings. The number of anilines is 1. The van der Waals surface area contributed by atoms with Crippen molar-refractivity contribution in [3.05, 3.63) is 47.0 Å². The molecule has 10 heteroatoms. The van der Waals surface area contributed by atoms with Gasteiger partial charge in [-0.15, -0.1) is 0 Å². The highest BCUT2D eigenvalue weighted by molar-refractivity contribution is 7.90. The van der Waals surface area contributed by atoms with Crippen LogP contribution in [0.1, 0.15) is 5.56 Å². The van der Waals surface area contributed by atoms with Crippen molar-refractivity contribution in [3.63, 3.8) is 0 Å². The number of carbonyl (C=O) groups is 2. The van der Waals surface area contributed by atoms with Gasteiger partial charge in [0.2, 0.25) is 0 Å². The molecule has 2 aromatic carbocycles. The molecule has 0 spiro atoms. The molecule has 0 saturated heterocycles. The second kappa shape index (κ2) is 9.62. The summed E-state index contributed by atoms with van der Waals surface area (Å²) in [6.45, 7) is -0.550. The summed E-state index contributed by atoms with van der Waals surface area (Å²) in [5.41, 5.74) is 0.729. The third-order valence-electron chi connectivity index (χ3n) is 3.80. The van der Waals surface area contributed by atoms with Crippen molar-refractivity contribution < 1.29 is 32.2 Å². The molecular weight excluding hydrogens is 422 g/mol. The van der Waals surface area contributed by atoms with E-state index < -0.39 is 28.3 Å². The van der Waals surface area contributed by atoms with Gasteiger partial charge in [-0.25, -0.2) is 8.42 Å². The number of benzene rings is 2. The van der Waals surface area contributed by atoms with Crippen LogP contribution in [0.5, 0.6) is 11.5 Å². The fourth-order valence-electron chi connectivity index (χ4n) is 2.37. The van der Waals surface area contributed by atoms with Gasteiger partial charge in [0.05, 0.1) is 36.2 Å². The first-order valence-electron chi connectivity index (χ1n) is 8.30. The van der Waals surface area contributed by atoms with Crippen molar-refractivity contribution in [2.45, 2.75) is 11.3 Å². The number of amides is 1. The molecule has 2 aromatic rings. The van der Waals surface area contributed by atoms with Crippen LogP contribution < -0.4 is 14.8 Å². The molecule has 0 radical (unpaired) electrons. The lowest BCUT2D eigenvalue weighted by molar-refractivity contribution is -0.146. The van der Waals surface area contributed by atoms with E-state index in [-0.39, 0.29) is 22.0 Å². The molecule has 0 heterocycles. The average molecular weight is 442 g/mol. The molecule has 0 aromatic heterocycles. The minimum atomic E-state index is -3.46. The fourth-order valence-corrected chi connectivity index (χ4v) is 3.18. The number of sulfone groups is 1. The normalized spacial score (nSPS) is 10.9. The quantitative estimate of drug-likeness (QED) is 0.627. The Morgan fingerprint density at radius 1 is 1.03 bits per heavy atom. The zero-order valence-electron chi connectivity index (χ0n) is 16.0. The number of esters is 1. The molecule has 0 aliphatic heterocycles. The van der Waals surface area contributed by atoms with E-state index in [2.05, 4.69) is 5.32 Å². The number of nitrogens with one attached hydrogen (secondary N) is 1. The first-order valence-corrected chi connectivity index (χ1v) is 10.6. The molecule has 0 atom stereocenters. The molecule has 2 rings (SSSR count). The minimum Gasteiger partial charge on any atom is -0.493 e. The van der Waals surface area contributed by atoms with Gasteiger partial charge in [-0.2, -0.15) is 0 Å². The third kappa shape index (κ3) is 6.37. The lowest BCUT2D eigenvalue weighted by Gasteiger charge is -2.11. The Bertz CT molecular complexity index is 1020. The van der Waals surface area contributed by atoms with E-state index in [9.17, 15) is 18.0 Å². The van der Waals surface area contributed by atoms with Gasteiger partial charge in [0, 0.05) is 6.26 Å². The maximum absolute atomic E-state index is 12.0. The molecule has 0 saturated carbocycles. The Balaban J connectivity index is 1.95. The highest BCUT2D eigenvalue weighted by atomic mass is 35.5. The van der Waals surface area contributed by atoms with Crippen molar-refractivity contribution >= 4 is 39.0 Å². The number of hydrogen-bond acceptors (Lipinski definition) is 7. The maximum Gasteiger partial charge on any atom is 0.310 e. The topological polar surface area (TPSA) is 108 Å². The average Bonchev–Trinajstić information content (AvgIpc) is 2.67. The summed E-state index contributed by atoms with van der Waals surface area (Å²) >= 11 is 5.97. The van der Waals surface area contributed by atoms with Crippen LogP contribution >= 0.6 is 11.6 Å². The van der Waals surface area contributed by atoms with Crippen molar-refractivity contribution in [2.75, 3.05) is 32.4 Å². The summed E-state index contributed by atoms with van der Waals surface area (Å²) in [6.07, 6.45) is 0.968. The predicted molar refractivity (Wildman–Crippen MR) is 107 cm³/mol. The van der Waals surface area contributed by atoms with Crippen molar-refractivity contribution in [1.29, 1.82) is 0 Å². The van der Waals surface area contributed by atoms with Gasteiger partial charge < -0.3 is 19.5 Å². The zero-order chi connectivity index (χ0) is 21.6. The molecule has 8 nitrogen and oxygen atoms in total. The second-order valence-electron chi connectivity index (χ2n) is 5.99. The highest BCUT2D eigenvalue weighted by Crippen LogP contribution is 2.28. The highest BCUT2D eigenvalue weighted by Gasteiger charge is 2.14. The predicted octanol–water partition coefficient (Wildman–Crippen LogP) is 2.49. The van der Waals surface area contributed by atoms with Gasteiger partial charge in [0.1, 0.15) is 0 Å². The van der Waals surface area contributed by atoms with Gasteiger partial charge in [-0.3, -0.25) is 9.59 Å². The molecule has 1 N–H and O–H groups in total.